The average molecular weight is 440 g/mol. The molecule has 2 heterocycles. The second-order valence-electron chi connectivity index (χ2n) is 7.48. The second kappa shape index (κ2) is 8.64. The molecule has 3 aromatic carbocycles. The Kier molecular flexibility index (Phi) is 5.39. The molecular formula is C25H21N5OS. The van der Waals surface area contributed by atoms with Gasteiger partial charge in [-0.05, 0) is 40.6 Å². The zero-order chi connectivity index (χ0) is 21.9. The summed E-state index contributed by atoms with van der Waals surface area (Å²) in [5.41, 5.74) is 9.99. The Labute approximate surface area is 189 Å². The molecule has 0 radical (unpaired) electrons. The molecule has 0 fully saturated rings. The fourth-order valence-electron chi connectivity index (χ4n) is 3.65. The molecule has 2 aromatic heterocycles. The van der Waals surface area contributed by atoms with Crippen molar-refractivity contribution in [2.45, 2.75) is 12.8 Å². The summed E-state index contributed by atoms with van der Waals surface area (Å²) in [6.45, 7) is 0. The highest BCUT2D eigenvalue weighted by Crippen LogP contribution is 2.30. The van der Waals surface area contributed by atoms with Gasteiger partial charge < -0.3 is 11.1 Å². The van der Waals surface area contributed by atoms with Gasteiger partial charge in [0.15, 0.2) is 0 Å². The molecule has 3 N–H and O–H groups in total. The van der Waals surface area contributed by atoms with Gasteiger partial charge in [-0.3, -0.25) is 4.79 Å². The maximum absolute atomic E-state index is 12.6. The fraction of sp³-hybridized carbons (Fsp3) is 0.0800. The summed E-state index contributed by atoms with van der Waals surface area (Å²) in [4.78, 5) is 13.7. The molecule has 5 rings (SSSR count). The van der Waals surface area contributed by atoms with Gasteiger partial charge in [-0.25, -0.2) is 4.68 Å². The largest absolute Gasteiger partial charge is 0.397 e. The van der Waals surface area contributed by atoms with E-state index in [0.29, 0.717) is 17.8 Å². The van der Waals surface area contributed by atoms with Crippen molar-refractivity contribution in [3.05, 3.63) is 90.1 Å². The van der Waals surface area contributed by atoms with E-state index in [2.05, 4.69) is 33.8 Å². The van der Waals surface area contributed by atoms with Gasteiger partial charge in [-0.2, -0.15) is 0 Å². The molecule has 7 heteroatoms. The van der Waals surface area contributed by atoms with Gasteiger partial charge in [0.2, 0.25) is 5.91 Å². The van der Waals surface area contributed by atoms with E-state index < -0.39 is 0 Å². The second-order valence-corrected chi connectivity index (χ2v) is 8.43. The maximum atomic E-state index is 12.6. The minimum Gasteiger partial charge on any atom is -0.397 e. The topological polar surface area (TPSA) is 85.8 Å². The molecule has 0 aliphatic rings. The van der Waals surface area contributed by atoms with E-state index in [1.54, 1.807) is 16.0 Å². The molecule has 1 amide bonds. The number of nitrogens with one attached hydrogen (secondary N) is 1. The monoisotopic (exact) mass is 439 g/mol. The van der Waals surface area contributed by atoms with E-state index >= 15 is 0 Å². The number of thiophene rings is 1. The van der Waals surface area contributed by atoms with E-state index in [-0.39, 0.29) is 12.3 Å². The number of hydrogen-bond acceptors (Lipinski definition) is 5. The van der Waals surface area contributed by atoms with Crippen LogP contribution in [0.3, 0.4) is 0 Å². The number of aryl methyl sites for hydroxylation is 1. The Bertz CT molecular complexity index is 1390. The van der Waals surface area contributed by atoms with Crippen LogP contribution in [0.1, 0.15) is 12.1 Å². The normalized spacial score (nSPS) is 11.0. The van der Waals surface area contributed by atoms with Gasteiger partial charge in [-0.1, -0.05) is 53.7 Å². The summed E-state index contributed by atoms with van der Waals surface area (Å²) in [5, 5.41) is 15.7. The first kappa shape index (κ1) is 20.0. The predicted molar refractivity (Wildman–Crippen MR) is 130 cm³/mol. The van der Waals surface area contributed by atoms with Crippen molar-refractivity contribution in [3.63, 3.8) is 0 Å². The van der Waals surface area contributed by atoms with Crippen LogP contribution in [-0.2, 0) is 11.2 Å². The third-order valence-electron chi connectivity index (χ3n) is 5.30. The number of amides is 1. The first-order valence-electron chi connectivity index (χ1n) is 10.3. The molecule has 0 spiro atoms. The van der Waals surface area contributed by atoms with Gasteiger partial charge in [-0.15, -0.1) is 16.4 Å². The fourth-order valence-corrected chi connectivity index (χ4v) is 4.38. The highest BCUT2D eigenvalue weighted by Gasteiger charge is 2.11. The number of benzene rings is 3. The summed E-state index contributed by atoms with van der Waals surface area (Å²) < 4.78 is 1.76. The van der Waals surface area contributed by atoms with E-state index in [1.165, 1.54) is 0 Å². The van der Waals surface area contributed by atoms with Crippen LogP contribution in [0.5, 0.6) is 0 Å². The smallest absolute Gasteiger partial charge is 0.224 e. The summed E-state index contributed by atoms with van der Waals surface area (Å²) in [6, 6.07) is 24.0. The van der Waals surface area contributed by atoms with Crippen LogP contribution in [0.15, 0.2) is 84.4 Å². The molecule has 6 nitrogen and oxygen atoms in total. The van der Waals surface area contributed by atoms with Gasteiger partial charge >= 0.3 is 0 Å². The van der Waals surface area contributed by atoms with Gasteiger partial charge in [0.05, 0.1) is 29.0 Å². The van der Waals surface area contributed by atoms with Crippen molar-refractivity contribution >= 4 is 39.4 Å². The Morgan fingerprint density at radius 1 is 1.03 bits per heavy atom. The van der Waals surface area contributed by atoms with Crippen LogP contribution in [0, 0.1) is 0 Å². The van der Waals surface area contributed by atoms with Crippen molar-refractivity contribution in [1.29, 1.82) is 0 Å². The van der Waals surface area contributed by atoms with Gasteiger partial charge in [0, 0.05) is 23.1 Å². The van der Waals surface area contributed by atoms with Crippen LogP contribution in [0.2, 0.25) is 0 Å². The zero-order valence-electron chi connectivity index (χ0n) is 17.2. The number of anilines is 2. The summed E-state index contributed by atoms with van der Waals surface area (Å²) in [6.07, 6.45) is 2.65. The average Bonchev–Trinajstić information content (AvgIpc) is 3.51. The lowest BCUT2D eigenvalue weighted by Gasteiger charge is -2.09. The molecule has 0 aliphatic carbocycles. The number of fused-ring (bicyclic) bond motifs is 1. The van der Waals surface area contributed by atoms with Crippen LogP contribution in [0.25, 0.3) is 26.9 Å². The van der Waals surface area contributed by atoms with E-state index in [1.807, 2.05) is 66.2 Å². The Hall–Kier alpha value is -3.97. The summed E-state index contributed by atoms with van der Waals surface area (Å²) >= 11 is 1.65. The number of rotatable bonds is 6. The van der Waals surface area contributed by atoms with Crippen molar-refractivity contribution in [3.8, 4) is 16.1 Å². The Morgan fingerprint density at radius 2 is 1.91 bits per heavy atom. The standard InChI is InChI=1S/C25H21N5OS/c26-21-12-10-18(24-9-4-14-32-24)15-22(21)27-25(31)13-11-19-16-30(29-28-19)23-8-3-6-17-5-1-2-7-20(17)23/h1-10,12,14-16H,11,13,26H2,(H,27,31). The zero-order valence-corrected chi connectivity index (χ0v) is 18.0. The minimum absolute atomic E-state index is 0.111. The van der Waals surface area contributed by atoms with E-state index in [4.69, 9.17) is 5.73 Å². The highest BCUT2D eigenvalue weighted by atomic mass is 32.1. The lowest BCUT2D eigenvalue weighted by molar-refractivity contribution is -0.116. The van der Waals surface area contributed by atoms with Crippen molar-refractivity contribution in [2.24, 2.45) is 0 Å². The van der Waals surface area contributed by atoms with Crippen molar-refractivity contribution in [1.82, 2.24) is 15.0 Å². The van der Waals surface area contributed by atoms with Gasteiger partial charge in [0.1, 0.15) is 0 Å². The first-order chi connectivity index (χ1) is 15.7. The van der Waals surface area contributed by atoms with Gasteiger partial charge in [0.25, 0.3) is 0 Å². The van der Waals surface area contributed by atoms with E-state index in [0.717, 1.165) is 32.6 Å². The number of carbonyl (C=O) groups is 1. The predicted octanol–water partition coefficient (Wildman–Crippen LogP) is 5.30. The number of hydrogen-bond donors (Lipinski definition) is 2. The lowest BCUT2D eigenvalue weighted by Crippen LogP contribution is -2.13. The molecule has 0 unspecified atom stereocenters. The molecular weight excluding hydrogens is 418 g/mol. The third-order valence-corrected chi connectivity index (χ3v) is 6.21. The molecule has 0 saturated heterocycles. The molecule has 0 bridgehead atoms. The SMILES string of the molecule is Nc1ccc(-c2cccs2)cc1NC(=O)CCc1cn(-c2cccc3ccccc23)nn1. The van der Waals surface area contributed by atoms with Crippen LogP contribution in [0.4, 0.5) is 11.4 Å². The number of nitrogens with two attached hydrogens (primary N) is 1. The Morgan fingerprint density at radius 3 is 2.78 bits per heavy atom. The van der Waals surface area contributed by atoms with Crippen LogP contribution >= 0.6 is 11.3 Å². The minimum atomic E-state index is -0.111. The lowest BCUT2D eigenvalue weighted by atomic mass is 10.1. The van der Waals surface area contributed by atoms with Crippen molar-refractivity contribution < 1.29 is 4.79 Å². The number of nitrogen functional groups attached to an aromatic ring is 1. The summed E-state index contributed by atoms with van der Waals surface area (Å²) in [7, 11) is 0. The first-order valence-corrected chi connectivity index (χ1v) is 11.2. The number of nitrogens with zero attached hydrogens (tertiary/aromatic N) is 3. The number of carbonyl (C=O) groups excluding carboxylic acids is 1. The van der Waals surface area contributed by atoms with Crippen LogP contribution in [-0.4, -0.2) is 20.9 Å². The van der Waals surface area contributed by atoms with E-state index in [9.17, 15) is 4.79 Å². The molecule has 0 saturated carbocycles. The maximum Gasteiger partial charge on any atom is 0.224 e. The quantitative estimate of drug-likeness (QED) is 0.352. The molecule has 0 atom stereocenters. The molecule has 0 aliphatic heterocycles. The molecule has 5 aromatic rings. The molecule has 32 heavy (non-hydrogen) atoms. The molecule has 158 valence electrons. The third kappa shape index (κ3) is 4.10. The highest BCUT2D eigenvalue weighted by molar-refractivity contribution is 7.13. The summed E-state index contributed by atoms with van der Waals surface area (Å²) in [5.74, 6) is -0.111. The Balaban J connectivity index is 1.27. The van der Waals surface area contributed by atoms with Crippen molar-refractivity contribution in [2.75, 3.05) is 11.1 Å². The van der Waals surface area contributed by atoms with Crippen LogP contribution < -0.4 is 11.1 Å². The number of aromatic nitrogens is 3.